The van der Waals surface area contributed by atoms with Gasteiger partial charge < -0.3 is 4.74 Å². The number of ether oxygens (including phenoxy) is 1. The third-order valence-electron chi connectivity index (χ3n) is 2.74. The van der Waals surface area contributed by atoms with Crippen LogP contribution in [-0.2, 0) is 6.42 Å². The summed E-state index contributed by atoms with van der Waals surface area (Å²) in [5.41, 5.74) is 2.19. The van der Waals surface area contributed by atoms with Gasteiger partial charge in [-0.3, -0.25) is 0 Å². The summed E-state index contributed by atoms with van der Waals surface area (Å²) in [6.07, 6.45) is 1.82. The van der Waals surface area contributed by atoms with Crippen molar-refractivity contribution in [1.29, 1.82) is 5.26 Å². The van der Waals surface area contributed by atoms with Crippen LogP contribution in [0.1, 0.15) is 5.56 Å². The zero-order chi connectivity index (χ0) is 14.7. The van der Waals surface area contributed by atoms with Crippen LogP contribution >= 0.6 is 34.8 Å². The number of rotatable bonds is 3. The number of nitriles is 1. The standard InChI is InChI=1S/C14H9Cl3N2O/c1-20-14-12(8(2-4-18)3-5-19-14)9-6-10(15)13(17)11(16)7-9/h3,5-7H,2H2,1H3. The molecule has 0 saturated carbocycles. The molecule has 0 radical (unpaired) electrons. The van der Waals surface area contributed by atoms with E-state index in [9.17, 15) is 0 Å². The summed E-state index contributed by atoms with van der Waals surface area (Å²) in [7, 11) is 1.52. The number of nitrogens with zero attached hydrogens (tertiary/aromatic N) is 2. The van der Waals surface area contributed by atoms with E-state index in [1.165, 1.54) is 7.11 Å². The van der Waals surface area contributed by atoms with Crippen molar-refractivity contribution in [3.63, 3.8) is 0 Å². The summed E-state index contributed by atoms with van der Waals surface area (Å²) in [6.45, 7) is 0. The first kappa shape index (κ1) is 14.9. The average molecular weight is 328 g/mol. The average Bonchev–Trinajstić information content (AvgIpc) is 2.44. The summed E-state index contributed by atoms with van der Waals surface area (Å²) >= 11 is 18.1. The Kier molecular flexibility index (Phi) is 4.72. The lowest BCUT2D eigenvalue weighted by molar-refractivity contribution is 0.399. The van der Waals surface area contributed by atoms with E-state index in [1.54, 1.807) is 24.4 Å². The second-order valence-electron chi connectivity index (χ2n) is 3.94. The van der Waals surface area contributed by atoms with Gasteiger partial charge in [0.05, 0.1) is 34.7 Å². The number of aromatic nitrogens is 1. The van der Waals surface area contributed by atoms with E-state index in [1.807, 2.05) is 0 Å². The fourth-order valence-electron chi connectivity index (χ4n) is 1.88. The Morgan fingerprint density at radius 2 is 1.90 bits per heavy atom. The first-order valence-electron chi connectivity index (χ1n) is 5.62. The van der Waals surface area contributed by atoms with Gasteiger partial charge >= 0.3 is 0 Å². The van der Waals surface area contributed by atoms with Crippen molar-refractivity contribution in [2.75, 3.05) is 7.11 Å². The van der Waals surface area contributed by atoms with Crippen LogP contribution in [-0.4, -0.2) is 12.1 Å². The Bertz CT molecular complexity index is 672. The number of hydrogen-bond acceptors (Lipinski definition) is 3. The van der Waals surface area contributed by atoms with Gasteiger partial charge in [-0.25, -0.2) is 4.98 Å². The summed E-state index contributed by atoms with van der Waals surface area (Å²) in [5, 5.41) is 9.89. The zero-order valence-corrected chi connectivity index (χ0v) is 12.7. The van der Waals surface area contributed by atoms with Crippen molar-refractivity contribution in [2.24, 2.45) is 0 Å². The van der Waals surface area contributed by atoms with Crippen LogP contribution in [0.15, 0.2) is 24.4 Å². The highest BCUT2D eigenvalue weighted by molar-refractivity contribution is 6.48. The maximum Gasteiger partial charge on any atom is 0.221 e. The minimum absolute atomic E-state index is 0.228. The number of benzene rings is 1. The van der Waals surface area contributed by atoms with Gasteiger partial charge in [0, 0.05) is 11.8 Å². The molecule has 2 rings (SSSR count). The number of pyridine rings is 1. The van der Waals surface area contributed by atoms with Crippen LogP contribution in [0, 0.1) is 11.3 Å². The third-order valence-corrected chi connectivity index (χ3v) is 3.93. The molecule has 1 heterocycles. The largest absolute Gasteiger partial charge is 0.481 e. The number of hydrogen-bond donors (Lipinski definition) is 0. The second-order valence-corrected chi connectivity index (χ2v) is 5.14. The van der Waals surface area contributed by atoms with Crippen molar-refractivity contribution >= 4 is 34.8 Å². The van der Waals surface area contributed by atoms with E-state index in [0.717, 1.165) is 5.56 Å². The van der Waals surface area contributed by atoms with Crippen molar-refractivity contribution in [1.82, 2.24) is 4.98 Å². The topological polar surface area (TPSA) is 45.9 Å². The highest BCUT2D eigenvalue weighted by atomic mass is 35.5. The molecule has 3 nitrogen and oxygen atoms in total. The van der Waals surface area contributed by atoms with Gasteiger partial charge in [-0.1, -0.05) is 34.8 Å². The normalized spacial score (nSPS) is 10.2. The van der Waals surface area contributed by atoms with E-state index < -0.39 is 0 Å². The Labute approximate surface area is 131 Å². The lowest BCUT2D eigenvalue weighted by atomic mass is 9.99. The molecule has 0 unspecified atom stereocenters. The molecule has 102 valence electrons. The first-order valence-corrected chi connectivity index (χ1v) is 6.75. The van der Waals surface area contributed by atoms with Gasteiger partial charge in [-0.15, -0.1) is 0 Å². The minimum atomic E-state index is 0.228. The van der Waals surface area contributed by atoms with Crippen LogP contribution in [0.5, 0.6) is 5.88 Å². The zero-order valence-electron chi connectivity index (χ0n) is 10.5. The molecule has 2 aromatic rings. The van der Waals surface area contributed by atoms with E-state index in [0.29, 0.717) is 32.1 Å². The third kappa shape index (κ3) is 2.83. The molecular weight excluding hydrogens is 319 g/mol. The van der Waals surface area contributed by atoms with Crippen LogP contribution in [0.4, 0.5) is 0 Å². The molecule has 0 spiro atoms. The molecule has 1 aromatic heterocycles. The van der Waals surface area contributed by atoms with Crippen molar-refractivity contribution in [3.05, 3.63) is 45.0 Å². The highest BCUT2D eigenvalue weighted by Gasteiger charge is 2.15. The fourth-order valence-corrected chi connectivity index (χ4v) is 2.47. The monoisotopic (exact) mass is 326 g/mol. The molecule has 0 aliphatic heterocycles. The Morgan fingerprint density at radius 3 is 2.45 bits per heavy atom. The van der Waals surface area contributed by atoms with Crippen molar-refractivity contribution in [2.45, 2.75) is 6.42 Å². The molecule has 0 amide bonds. The van der Waals surface area contributed by atoms with Crippen molar-refractivity contribution < 1.29 is 4.74 Å². The van der Waals surface area contributed by atoms with E-state index in [-0.39, 0.29) is 6.42 Å². The SMILES string of the molecule is COc1nccc(CC#N)c1-c1cc(Cl)c(Cl)c(Cl)c1. The van der Waals surface area contributed by atoms with Crippen LogP contribution in [0.2, 0.25) is 15.1 Å². The van der Waals surface area contributed by atoms with Gasteiger partial charge in [-0.2, -0.15) is 5.26 Å². The molecule has 0 saturated heterocycles. The van der Waals surface area contributed by atoms with E-state index in [2.05, 4.69) is 11.1 Å². The molecule has 0 N–H and O–H groups in total. The van der Waals surface area contributed by atoms with Crippen LogP contribution in [0.25, 0.3) is 11.1 Å². The summed E-state index contributed by atoms with van der Waals surface area (Å²) in [6, 6.07) is 7.23. The minimum Gasteiger partial charge on any atom is -0.481 e. The lowest BCUT2D eigenvalue weighted by Gasteiger charge is -2.12. The Hall–Kier alpha value is -1.47. The maximum atomic E-state index is 8.92. The van der Waals surface area contributed by atoms with Gasteiger partial charge in [0.15, 0.2) is 0 Å². The van der Waals surface area contributed by atoms with Gasteiger partial charge in [0.2, 0.25) is 5.88 Å². The lowest BCUT2D eigenvalue weighted by Crippen LogP contribution is -1.97. The van der Waals surface area contributed by atoms with Crippen LogP contribution in [0.3, 0.4) is 0 Å². The molecule has 1 aromatic carbocycles. The van der Waals surface area contributed by atoms with Gasteiger partial charge in [0.1, 0.15) is 0 Å². The molecule has 6 heteroatoms. The Morgan fingerprint density at radius 1 is 1.25 bits per heavy atom. The van der Waals surface area contributed by atoms with Gasteiger partial charge in [-0.05, 0) is 29.3 Å². The number of methoxy groups -OCH3 is 1. The molecular formula is C14H9Cl3N2O. The Balaban J connectivity index is 2.71. The second kappa shape index (κ2) is 6.32. The van der Waals surface area contributed by atoms with Gasteiger partial charge in [0.25, 0.3) is 0 Å². The number of halogens is 3. The molecule has 0 aliphatic rings. The predicted molar refractivity (Wildman–Crippen MR) is 80.6 cm³/mol. The van der Waals surface area contributed by atoms with E-state index in [4.69, 9.17) is 44.8 Å². The van der Waals surface area contributed by atoms with E-state index >= 15 is 0 Å². The molecule has 0 aliphatic carbocycles. The van der Waals surface area contributed by atoms with Crippen molar-refractivity contribution in [3.8, 4) is 23.1 Å². The first-order chi connectivity index (χ1) is 9.58. The molecule has 20 heavy (non-hydrogen) atoms. The maximum absolute atomic E-state index is 8.92. The molecule has 0 fully saturated rings. The highest BCUT2D eigenvalue weighted by Crippen LogP contribution is 2.39. The quantitative estimate of drug-likeness (QED) is 0.762. The molecule has 0 atom stereocenters. The summed E-state index contributed by atoms with van der Waals surface area (Å²) < 4.78 is 5.26. The smallest absolute Gasteiger partial charge is 0.221 e. The predicted octanol–water partition coefficient (Wildman–Crippen LogP) is 4.78. The molecule has 0 bridgehead atoms. The fraction of sp³-hybridized carbons (Fsp3) is 0.143. The van der Waals surface area contributed by atoms with Crippen LogP contribution < -0.4 is 4.74 Å². The summed E-state index contributed by atoms with van der Waals surface area (Å²) in [4.78, 5) is 4.15. The summed E-state index contributed by atoms with van der Waals surface area (Å²) in [5.74, 6) is 0.409.